The van der Waals surface area contributed by atoms with Crippen molar-refractivity contribution in [2.24, 2.45) is 0 Å². The van der Waals surface area contributed by atoms with Crippen LogP contribution in [0, 0.1) is 11.6 Å². The van der Waals surface area contributed by atoms with E-state index in [4.69, 9.17) is 0 Å². The molecular formula is C16H13BrF2N2O3. The van der Waals surface area contributed by atoms with Crippen molar-refractivity contribution in [3.8, 4) is 0 Å². The van der Waals surface area contributed by atoms with Gasteiger partial charge < -0.3 is 15.4 Å². The molecule has 0 atom stereocenters. The van der Waals surface area contributed by atoms with Gasteiger partial charge in [-0.2, -0.15) is 0 Å². The number of benzene rings is 2. The van der Waals surface area contributed by atoms with Crippen LogP contribution in [-0.4, -0.2) is 25.5 Å². The highest BCUT2D eigenvalue weighted by atomic mass is 79.9. The molecule has 5 nitrogen and oxygen atoms in total. The Bertz CT molecular complexity index is 784. The number of ether oxygens (including phenoxy) is 1. The van der Waals surface area contributed by atoms with Crippen molar-refractivity contribution in [1.82, 2.24) is 0 Å². The monoisotopic (exact) mass is 398 g/mol. The molecule has 0 radical (unpaired) electrons. The van der Waals surface area contributed by atoms with Crippen LogP contribution in [-0.2, 0) is 9.53 Å². The Labute approximate surface area is 145 Å². The van der Waals surface area contributed by atoms with Gasteiger partial charge in [0.2, 0.25) is 5.91 Å². The zero-order valence-corrected chi connectivity index (χ0v) is 14.1. The van der Waals surface area contributed by atoms with Crippen LogP contribution in [0.3, 0.4) is 0 Å². The highest BCUT2D eigenvalue weighted by Gasteiger charge is 2.17. The van der Waals surface area contributed by atoms with E-state index in [9.17, 15) is 18.4 Å². The number of nitrogens with one attached hydrogen (secondary N) is 2. The largest absolute Gasteiger partial charge is 0.465 e. The second-order valence-corrected chi connectivity index (χ2v) is 5.54. The molecule has 0 bridgehead atoms. The van der Waals surface area contributed by atoms with Crippen molar-refractivity contribution in [3.05, 3.63) is 58.1 Å². The molecule has 0 unspecified atom stereocenters. The summed E-state index contributed by atoms with van der Waals surface area (Å²) in [5, 5.41) is 5.15. The lowest BCUT2D eigenvalue weighted by Crippen LogP contribution is -2.22. The number of hydrogen-bond acceptors (Lipinski definition) is 4. The van der Waals surface area contributed by atoms with Gasteiger partial charge in [-0.05, 0) is 34.1 Å². The molecule has 2 aromatic rings. The molecule has 2 aromatic carbocycles. The van der Waals surface area contributed by atoms with E-state index in [-0.39, 0.29) is 12.2 Å². The van der Waals surface area contributed by atoms with E-state index in [0.717, 1.165) is 13.2 Å². The molecular weight excluding hydrogens is 386 g/mol. The minimum atomic E-state index is -1.04. The van der Waals surface area contributed by atoms with E-state index in [1.807, 2.05) is 0 Å². The van der Waals surface area contributed by atoms with Crippen LogP contribution in [0.1, 0.15) is 10.4 Å². The lowest BCUT2D eigenvalue weighted by Gasteiger charge is -2.11. The molecule has 2 N–H and O–H groups in total. The number of rotatable bonds is 5. The third-order valence-corrected chi connectivity index (χ3v) is 3.74. The first-order chi connectivity index (χ1) is 11.4. The molecule has 0 aliphatic carbocycles. The number of halogens is 3. The topological polar surface area (TPSA) is 67.4 Å². The summed E-state index contributed by atoms with van der Waals surface area (Å²) in [6.45, 7) is -0.273. The first-order valence-corrected chi connectivity index (χ1v) is 7.57. The molecule has 8 heteroatoms. The van der Waals surface area contributed by atoms with E-state index < -0.39 is 29.1 Å². The average Bonchev–Trinajstić information content (AvgIpc) is 2.55. The van der Waals surface area contributed by atoms with Gasteiger partial charge in [0.25, 0.3) is 0 Å². The zero-order chi connectivity index (χ0) is 17.7. The van der Waals surface area contributed by atoms with Gasteiger partial charge in [0, 0.05) is 10.5 Å². The van der Waals surface area contributed by atoms with E-state index in [2.05, 4.69) is 31.3 Å². The number of amides is 1. The van der Waals surface area contributed by atoms with E-state index in [0.29, 0.717) is 16.2 Å². The Balaban J connectivity index is 2.07. The van der Waals surface area contributed by atoms with Crippen molar-refractivity contribution >= 4 is 39.2 Å². The normalized spacial score (nSPS) is 10.2. The lowest BCUT2D eigenvalue weighted by molar-refractivity contribution is -0.114. The van der Waals surface area contributed by atoms with Crippen LogP contribution >= 0.6 is 15.9 Å². The van der Waals surface area contributed by atoms with Gasteiger partial charge in [0.15, 0.2) is 0 Å². The second kappa shape index (κ2) is 7.87. The molecule has 0 fully saturated rings. The summed E-state index contributed by atoms with van der Waals surface area (Å²) in [7, 11) is 1.09. The molecule has 24 heavy (non-hydrogen) atoms. The highest BCUT2D eigenvalue weighted by molar-refractivity contribution is 9.10. The summed E-state index contributed by atoms with van der Waals surface area (Å²) in [5.41, 5.74) is -0.0502. The van der Waals surface area contributed by atoms with Crippen molar-refractivity contribution in [3.63, 3.8) is 0 Å². The SMILES string of the molecule is COC(=O)c1cc(NCC(=O)Nc2ccccc2Br)c(F)cc1F. The third kappa shape index (κ3) is 4.29. The summed E-state index contributed by atoms with van der Waals surface area (Å²) in [6, 6.07) is 8.50. The standard InChI is InChI=1S/C16H13BrF2N2O3/c1-24-16(23)9-6-14(12(19)7-11(9)18)20-8-15(22)21-13-5-3-2-4-10(13)17/h2-7,20H,8H2,1H3,(H,21,22). The minimum Gasteiger partial charge on any atom is -0.465 e. The van der Waals surface area contributed by atoms with Gasteiger partial charge in [-0.25, -0.2) is 13.6 Å². The van der Waals surface area contributed by atoms with Gasteiger partial charge in [-0.3, -0.25) is 4.79 Å². The van der Waals surface area contributed by atoms with Crippen LogP contribution < -0.4 is 10.6 Å². The Morgan fingerprint density at radius 1 is 1.12 bits per heavy atom. The van der Waals surface area contributed by atoms with Crippen molar-refractivity contribution < 1.29 is 23.1 Å². The predicted octanol–water partition coefficient (Wildman–Crippen LogP) is 3.56. The molecule has 0 saturated heterocycles. The molecule has 0 spiro atoms. The molecule has 126 valence electrons. The molecule has 0 heterocycles. The fourth-order valence-electron chi connectivity index (χ4n) is 1.88. The van der Waals surface area contributed by atoms with Gasteiger partial charge in [-0.15, -0.1) is 0 Å². The van der Waals surface area contributed by atoms with E-state index in [1.165, 1.54) is 0 Å². The maximum atomic E-state index is 13.7. The predicted molar refractivity (Wildman–Crippen MR) is 89.0 cm³/mol. The summed E-state index contributed by atoms with van der Waals surface area (Å²) < 4.78 is 32.4. The summed E-state index contributed by atoms with van der Waals surface area (Å²) in [4.78, 5) is 23.3. The van der Waals surface area contributed by atoms with Crippen molar-refractivity contribution in [1.29, 1.82) is 0 Å². The molecule has 0 aliphatic heterocycles. The van der Waals surface area contributed by atoms with E-state index in [1.54, 1.807) is 24.3 Å². The Hall–Kier alpha value is -2.48. The molecule has 0 aromatic heterocycles. The van der Waals surface area contributed by atoms with E-state index >= 15 is 0 Å². The maximum Gasteiger partial charge on any atom is 0.340 e. The molecule has 2 rings (SSSR count). The lowest BCUT2D eigenvalue weighted by atomic mass is 10.1. The average molecular weight is 399 g/mol. The summed E-state index contributed by atoms with van der Waals surface area (Å²) >= 11 is 3.29. The quantitative estimate of drug-likeness (QED) is 0.755. The smallest absolute Gasteiger partial charge is 0.340 e. The summed E-state index contributed by atoms with van der Waals surface area (Å²) in [5.74, 6) is -3.34. The van der Waals surface area contributed by atoms with Crippen LogP contribution in [0.4, 0.5) is 20.2 Å². The Morgan fingerprint density at radius 3 is 2.50 bits per heavy atom. The maximum absolute atomic E-state index is 13.7. The van der Waals surface area contributed by atoms with Crippen molar-refractivity contribution in [2.75, 3.05) is 24.3 Å². The third-order valence-electron chi connectivity index (χ3n) is 3.05. The number of methoxy groups -OCH3 is 1. The van der Waals surface area contributed by atoms with Gasteiger partial charge in [-0.1, -0.05) is 12.1 Å². The number of anilines is 2. The molecule has 0 aliphatic rings. The van der Waals surface area contributed by atoms with Crippen LogP contribution in [0.5, 0.6) is 0 Å². The van der Waals surface area contributed by atoms with Gasteiger partial charge in [0.05, 0.1) is 30.6 Å². The fraction of sp³-hybridized carbons (Fsp3) is 0.125. The zero-order valence-electron chi connectivity index (χ0n) is 12.5. The second-order valence-electron chi connectivity index (χ2n) is 4.69. The number of carbonyl (C=O) groups excluding carboxylic acids is 2. The van der Waals surface area contributed by atoms with Gasteiger partial charge in [0.1, 0.15) is 11.6 Å². The molecule has 1 amide bonds. The van der Waals surface area contributed by atoms with Crippen LogP contribution in [0.2, 0.25) is 0 Å². The number of carbonyl (C=O) groups is 2. The van der Waals surface area contributed by atoms with Crippen molar-refractivity contribution in [2.45, 2.75) is 0 Å². The summed E-state index contributed by atoms with van der Waals surface area (Å²) in [6.07, 6.45) is 0. The Morgan fingerprint density at radius 2 is 1.83 bits per heavy atom. The number of hydrogen-bond donors (Lipinski definition) is 2. The number of esters is 1. The first-order valence-electron chi connectivity index (χ1n) is 6.78. The molecule has 0 saturated carbocycles. The highest BCUT2D eigenvalue weighted by Crippen LogP contribution is 2.22. The van der Waals surface area contributed by atoms with Crippen LogP contribution in [0.25, 0.3) is 0 Å². The van der Waals surface area contributed by atoms with Gasteiger partial charge >= 0.3 is 5.97 Å². The first kappa shape index (κ1) is 17.9. The Kier molecular flexibility index (Phi) is 5.86. The minimum absolute atomic E-state index is 0.181. The number of para-hydroxylation sites is 1. The van der Waals surface area contributed by atoms with Crippen LogP contribution in [0.15, 0.2) is 40.9 Å². The fourth-order valence-corrected chi connectivity index (χ4v) is 2.27.